The van der Waals surface area contributed by atoms with Gasteiger partial charge in [-0.15, -0.1) is 0 Å². The number of carbonyl (C=O) groups is 4. The minimum Gasteiger partial charge on any atom is -0.462 e. The van der Waals surface area contributed by atoms with Crippen molar-refractivity contribution < 1.29 is 80.2 Å². The van der Waals surface area contributed by atoms with Gasteiger partial charge in [-0.05, 0) is 43.4 Å². The second kappa shape index (κ2) is 65.7. The molecule has 0 aliphatic rings. The topological polar surface area (TPSA) is 237 Å². The molecule has 19 heteroatoms. The molecular weight excluding hydrogens is 1230 g/mol. The van der Waals surface area contributed by atoms with Gasteiger partial charge in [-0.3, -0.25) is 37.3 Å². The Hall–Kier alpha value is -1.94. The number of ether oxygens (including phenoxy) is 4. The molecule has 0 saturated carbocycles. The third kappa shape index (κ3) is 66.0. The van der Waals surface area contributed by atoms with E-state index in [1.165, 1.54) is 180 Å². The first-order chi connectivity index (χ1) is 45.3. The largest absolute Gasteiger partial charge is 0.472 e. The Kier molecular flexibility index (Phi) is 64.3. The molecular formula is C75H146O17P2. The monoisotopic (exact) mass is 1380 g/mol. The first kappa shape index (κ1) is 92.1. The molecule has 7 atom stereocenters. The molecule has 0 rings (SSSR count). The molecule has 0 radical (unpaired) electrons. The van der Waals surface area contributed by atoms with Gasteiger partial charge in [0.25, 0.3) is 0 Å². The van der Waals surface area contributed by atoms with Crippen LogP contribution in [0.5, 0.6) is 0 Å². The van der Waals surface area contributed by atoms with E-state index in [-0.39, 0.29) is 25.7 Å². The van der Waals surface area contributed by atoms with Gasteiger partial charge >= 0.3 is 39.5 Å². The van der Waals surface area contributed by atoms with Gasteiger partial charge in [-0.2, -0.15) is 0 Å². The van der Waals surface area contributed by atoms with Crippen molar-refractivity contribution in [2.24, 2.45) is 17.8 Å². The number of phosphoric ester groups is 2. The van der Waals surface area contributed by atoms with Gasteiger partial charge < -0.3 is 33.8 Å². The normalized spacial score (nSPS) is 14.7. The third-order valence-corrected chi connectivity index (χ3v) is 20.0. The summed E-state index contributed by atoms with van der Waals surface area (Å²) in [5, 5.41) is 10.6. The van der Waals surface area contributed by atoms with E-state index in [0.717, 1.165) is 120 Å². The van der Waals surface area contributed by atoms with Crippen LogP contribution in [-0.4, -0.2) is 96.7 Å². The molecule has 0 aliphatic carbocycles. The Morgan fingerprint density at radius 2 is 0.543 bits per heavy atom. The highest BCUT2D eigenvalue weighted by Crippen LogP contribution is 2.45. The molecule has 0 amide bonds. The van der Waals surface area contributed by atoms with E-state index in [1.54, 1.807) is 0 Å². The van der Waals surface area contributed by atoms with Crippen LogP contribution in [0.25, 0.3) is 0 Å². The summed E-state index contributed by atoms with van der Waals surface area (Å²) in [5.41, 5.74) is 0. The van der Waals surface area contributed by atoms with E-state index in [1.807, 2.05) is 0 Å². The zero-order chi connectivity index (χ0) is 69.4. The third-order valence-electron chi connectivity index (χ3n) is 18.1. The lowest BCUT2D eigenvalue weighted by atomic mass is 9.99. The molecule has 558 valence electrons. The number of rotatable bonds is 73. The van der Waals surface area contributed by atoms with Gasteiger partial charge in [0.05, 0.1) is 26.4 Å². The van der Waals surface area contributed by atoms with Crippen LogP contribution in [-0.2, 0) is 65.4 Å². The van der Waals surface area contributed by atoms with Crippen molar-refractivity contribution >= 4 is 39.5 Å². The average molecular weight is 1380 g/mol. The Morgan fingerprint density at radius 3 is 0.809 bits per heavy atom. The van der Waals surface area contributed by atoms with Crippen molar-refractivity contribution in [1.29, 1.82) is 0 Å². The van der Waals surface area contributed by atoms with Crippen LogP contribution in [0.2, 0.25) is 0 Å². The van der Waals surface area contributed by atoms with Gasteiger partial charge in [-0.25, -0.2) is 9.13 Å². The van der Waals surface area contributed by atoms with Crippen LogP contribution in [0, 0.1) is 17.8 Å². The van der Waals surface area contributed by atoms with Crippen LogP contribution in [0.4, 0.5) is 0 Å². The molecule has 94 heavy (non-hydrogen) atoms. The number of unbranched alkanes of at least 4 members (excludes halogenated alkanes) is 39. The van der Waals surface area contributed by atoms with Crippen LogP contribution < -0.4 is 0 Å². The Bertz CT molecular complexity index is 1840. The summed E-state index contributed by atoms with van der Waals surface area (Å²) in [6.45, 7) is 11.9. The molecule has 17 nitrogen and oxygen atoms in total. The highest BCUT2D eigenvalue weighted by molar-refractivity contribution is 7.47. The number of aliphatic hydroxyl groups is 1. The van der Waals surface area contributed by atoms with Crippen molar-refractivity contribution in [3.8, 4) is 0 Å². The molecule has 0 aromatic carbocycles. The first-order valence-corrected chi connectivity index (χ1v) is 41.9. The minimum absolute atomic E-state index is 0.103. The average Bonchev–Trinajstić information content (AvgIpc) is 1.20. The predicted molar refractivity (Wildman–Crippen MR) is 381 cm³/mol. The summed E-state index contributed by atoms with van der Waals surface area (Å²) < 4.78 is 68.3. The molecule has 3 N–H and O–H groups in total. The van der Waals surface area contributed by atoms with Gasteiger partial charge in [0, 0.05) is 25.7 Å². The number of phosphoric acid groups is 2. The van der Waals surface area contributed by atoms with Gasteiger partial charge in [0.1, 0.15) is 19.3 Å². The summed E-state index contributed by atoms with van der Waals surface area (Å²) in [6.07, 6.45) is 51.5. The van der Waals surface area contributed by atoms with Crippen LogP contribution in [0.15, 0.2) is 0 Å². The van der Waals surface area contributed by atoms with E-state index in [9.17, 15) is 43.2 Å². The summed E-state index contributed by atoms with van der Waals surface area (Å²) in [5.74, 6) is 0.253. The van der Waals surface area contributed by atoms with Crippen LogP contribution >= 0.6 is 15.6 Å². The molecule has 0 aromatic rings. The Labute approximate surface area is 575 Å². The highest BCUT2D eigenvalue weighted by Gasteiger charge is 2.30. The van der Waals surface area contributed by atoms with Crippen molar-refractivity contribution in [3.63, 3.8) is 0 Å². The fourth-order valence-electron chi connectivity index (χ4n) is 11.4. The number of hydrogen-bond donors (Lipinski definition) is 3. The van der Waals surface area contributed by atoms with E-state index in [2.05, 4.69) is 48.5 Å². The van der Waals surface area contributed by atoms with Crippen LogP contribution in [0.1, 0.15) is 382 Å². The van der Waals surface area contributed by atoms with Crippen molar-refractivity contribution in [1.82, 2.24) is 0 Å². The van der Waals surface area contributed by atoms with Gasteiger partial charge in [0.2, 0.25) is 0 Å². The minimum atomic E-state index is -4.96. The summed E-state index contributed by atoms with van der Waals surface area (Å²) in [4.78, 5) is 72.6. The molecule has 0 aliphatic heterocycles. The zero-order valence-electron chi connectivity index (χ0n) is 61.4. The fraction of sp³-hybridized carbons (Fsp3) is 0.947. The maximum atomic E-state index is 13.1. The molecule has 0 fully saturated rings. The number of hydrogen-bond acceptors (Lipinski definition) is 15. The fourth-order valence-corrected chi connectivity index (χ4v) is 12.9. The SMILES string of the molecule is CCCCCCCCCC(=O)OC[C@H](COP(=O)(O)OC[C@H](O)COP(=O)(O)OC[C@@H](COC(=O)CCCCCCCCCCCCCCCCC(C)CC)OC(=O)CCCCCCCCCCCCCCCCCCC(C)C)OC(=O)CCCCCCCCC(C)CC. The van der Waals surface area contributed by atoms with Crippen molar-refractivity contribution in [2.45, 2.75) is 401 Å². The number of esters is 4. The lowest BCUT2D eigenvalue weighted by molar-refractivity contribution is -0.161. The zero-order valence-corrected chi connectivity index (χ0v) is 63.2. The Morgan fingerprint density at radius 1 is 0.309 bits per heavy atom. The van der Waals surface area contributed by atoms with E-state index in [4.69, 9.17) is 37.0 Å². The maximum Gasteiger partial charge on any atom is 0.472 e. The lowest BCUT2D eigenvalue weighted by Gasteiger charge is -2.21. The van der Waals surface area contributed by atoms with Gasteiger partial charge in [-0.1, -0.05) is 331 Å². The van der Waals surface area contributed by atoms with Crippen molar-refractivity contribution in [3.05, 3.63) is 0 Å². The first-order valence-electron chi connectivity index (χ1n) is 38.9. The molecule has 0 heterocycles. The van der Waals surface area contributed by atoms with Crippen LogP contribution in [0.3, 0.4) is 0 Å². The molecule has 0 bridgehead atoms. The standard InChI is InChI=1S/C75H146O17P2/c1-8-11-12-13-32-42-49-56-72(77)85-62-71(92-75(80)59-52-45-38-37-41-48-55-68(7)10-3)65-90-94(83,84)88-61-69(76)60-87-93(81,82)89-64-70(63-86-73(78)57-50-43-35-30-26-22-19-18-21-25-29-34-40-47-54-67(6)9-2)91-74(79)58-51-44-36-31-27-23-17-15-14-16-20-24-28-33-39-46-53-66(4)5/h66-71,76H,8-65H2,1-7H3,(H,81,82)(H,83,84)/t67?,68?,69-,70-,71-/m1/s1. The quantitative estimate of drug-likeness (QED) is 0.0222. The van der Waals surface area contributed by atoms with E-state index in [0.29, 0.717) is 25.7 Å². The Balaban J connectivity index is 5.18. The smallest absolute Gasteiger partial charge is 0.462 e. The number of carbonyl (C=O) groups excluding carboxylic acids is 4. The lowest BCUT2D eigenvalue weighted by Crippen LogP contribution is -2.30. The molecule has 0 aromatic heterocycles. The van der Waals surface area contributed by atoms with E-state index >= 15 is 0 Å². The summed E-state index contributed by atoms with van der Waals surface area (Å²) in [6, 6.07) is 0. The second-order valence-corrected chi connectivity index (χ2v) is 30.9. The summed E-state index contributed by atoms with van der Waals surface area (Å²) in [7, 11) is -9.90. The molecule has 4 unspecified atom stereocenters. The van der Waals surface area contributed by atoms with Gasteiger partial charge in [0.15, 0.2) is 12.2 Å². The molecule has 0 spiro atoms. The predicted octanol–water partition coefficient (Wildman–Crippen LogP) is 21.8. The van der Waals surface area contributed by atoms with E-state index < -0.39 is 97.5 Å². The van der Waals surface area contributed by atoms with Crippen molar-refractivity contribution in [2.75, 3.05) is 39.6 Å². The number of aliphatic hydroxyl groups excluding tert-OH is 1. The highest BCUT2D eigenvalue weighted by atomic mass is 31.2. The molecule has 0 saturated heterocycles. The maximum absolute atomic E-state index is 13.1. The second-order valence-electron chi connectivity index (χ2n) is 28.0. The summed E-state index contributed by atoms with van der Waals surface area (Å²) >= 11 is 0.